The Labute approximate surface area is 171 Å². The van der Waals surface area contributed by atoms with Crippen LogP contribution in [0.4, 0.5) is 5.82 Å². The maximum Gasteiger partial charge on any atom is 0.270 e. The SMILES string of the molecule is CC1CCCN(c2cc(C(=O)NCc3cccnc3)nc(-c3ccccc3)n2)C1. The number of hydrogen-bond donors (Lipinski definition) is 1. The topological polar surface area (TPSA) is 71.0 Å². The van der Waals surface area contributed by atoms with Crippen LogP contribution in [0.15, 0.2) is 60.9 Å². The molecule has 4 rings (SSSR count). The second kappa shape index (κ2) is 8.82. The molecule has 2 aromatic heterocycles. The fourth-order valence-electron chi connectivity index (χ4n) is 3.60. The molecule has 1 aliphatic rings. The standard InChI is InChI=1S/C23H25N5O/c1-17-7-6-12-28(16-17)21-13-20(23(29)25-15-18-8-5-11-24-14-18)26-22(27-21)19-9-3-2-4-10-19/h2-5,8-11,13-14,17H,6-7,12,15-16H2,1H3,(H,25,29). The fraction of sp³-hybridized carbons (Fsp3) is 0.304. The van der Waals surface area contributed by atoms with Crippen LogP contribution in [-0.2, 0) is 6.54 Å². The van der Waals surface area contributed by atoms with Crippen LogP contribution in [0.5, 0.6) is 0 Å². The van der Waals surface area contributed by atoms with Crippen LogP contribution in [0, 0.1) is 5.92 Å². The number of piperidine rings is 1. The number of nitrogens with zero attached hydrogens (tertiary/aromatic N) is 4. The van der Waals surface area contributed by atoms with Gasteiger partial charge in [0.15, 0.2) is 5.82 Å². The van der Waals surface area contributed by atoms with Crippen LogP contribution >= 0.6 is 0 Å². The molecule has 0 aliphatic carbocycles. The highest BCUT2D eigenvalue weighted by atomic mass is 16.1. The normalized spacial score (nSPS) is 16.4. The number of pyridine rings is 1. The molecule has 0 saturated carbocycles. The molecule has 148 valence electrons. The van der Waals surface area contributed by atoms with E-state index in [0.29, 0.717) is 24.0 Å². The zero-order chi connectivity index (χ0) is 20.1. The lowest BCUT2D eigenvalue weighted by molar-refractivity contribution is 0.0946. The number of amides is 1. The van der Waals surface area contributed by atoms with Crippen molar-refractivity contribution in [1.82, 2.24) is 20.3 Å². The van der Waals surface area contributed by atoms with Crippen LogP contribution in [0.3, 0.4) is 0 Å². The smallest absolute Gasteiger partial charge is 0.270 e. The number of rotatable bonds is 5. The van der Waals surface area contributed by atoms with Gasteiger partial charge in [0.05, 0.1) is 0 Å². The second-order valence-corrected chi connectivity index (χ2v) is 7.54. The minimum absolute atomic E-state index is 0.209. The lowest BCUT2D eigenvalue weighted by atomic mass is 10.0. The molecule has 3 heterocycles. The van der Waals surface area contributed by atoms with Crippen molar-refractivity contribution < 1.29 is 4.79 Å². The molecule has 1 N–H and O–H groups in total. The quantitative estimate of drug-likeness (QED) is 0.723. The molecule has 29 heavy (non-hydrogen) atoms. The van der Waals surface area contributed by atoms with Crippen LogP contribution in [0.25, 0.3) is 11.4 Å². The summed E-state index contributed by atoms with van der Waals surface area (Å²) >= 11 is 0. The molecule has 1 amide bonds. The molecule has 6 heteroatoms. The maximum atomic E-state index is 12.9. The molecule has 6 nitrogen and oxygen atoms in total. The Balaban J connectivity index is 1.63. The van der Waals surface area contributed by atoms with Gasteiger partial charge < -0.3 is 10.2 Å². The highest BCUT2D eigenvalue weighted by molar-refractivity contribution is 5.93. The van der Waals surface area contributed by atoms with E-state index in [2.05, 4.69) is 27.1 Å². The number of aromatic nitrogens is 3. The first kappa shape index (κ1) is 19.1. The van der Waals surface area contributed by atoms with Crippen molar-refractivity contribution in [3.05, 3.63) is 72.2 Å². The molecule has 1 aliphatic heterocycles. The molecule has 0 bridgehead atoms. The van der Waals surface area contributed by atoms with E-state index in [0.717, 1.165) is 36.5 Å². The molecule has 1 fully saturated rings. The number of carbonyl (C=O) groups is 1. The van der Waals surface area contributed by atoms with Crippen molar-refractivity contribution in [1.29, 1.82) is 0 Å². The van der Waals surface area contributed by atoms with Crippen LogP contribution in [-0.4, -0.2) is 33.9 Å². The Bertz CT molecular complexity index is 962. The van der Waals surface area contributed by atoms with Crippen molar-refractivity contribution in [3.8, 4) is 11.4 Å². The summed E-state index contributed by atoms with van der Waals surface area (Å²) in [7, 11) is 0. The van der Waals surface area contributed by atoms with Gasteiger partial charge in [0.25, 0.3) is 5.91 Å². The predicted octanol–water partition coefficient (Wildman–Crippen LogP) is 3.70. The van der Waals surface area contributed by atoms with Gasteiger partial charge in [0, 0.05) is 43.7 Å². The molecule has 1 saturated heterocycles. The maximum absolute atomic E-state index is 12.9. The highest BCUT2D eigenvalue weighted by Crippen LogP contribution is 2.24. The van der Waals surface area contributed by atoms with E-state index in [-0.39, 0.29) is 5.91 Å². The van der Waals surface area contributed by atoms with Crippen molar-refractivity contribution >= 4 is 11.7 Å². The van der Waals surface area contributed by atoms with Gasteiger partial charge in [0.2, 0.25) is 0 Å². The Kier molecular flexibility index (Phi) is 5.79. The average molecular weight is 387 g/mol. The summed E-state index contributed by atoms with van der Waals surface area (Å²) in [4.78, 5) is 28.6. The summed E-state index contributed by atoms with van der Waals surface area (Å²) in [5.74, 6) is 1.80. The van der Waals surface area contributed by atoms with Gasteiger partial charge in [-0.1, -0.05) is 43.3 Å². The van der Waals surface area contributed by atoms with E-state index in [1.54, 1.807) is 12.4 Å². The minimum atomic E-state index is -0.209. The molecule has 1 unspecified atom stereocenters. The van der Waals surface area contributed by atoms with Gasteiger partial charge in [-0.3, -0.25) is 9.78 Å². The van der Waals surface area contributed by atoms with Gasteiger partial charge in [-0.15, -0.1) is 0 Å². The summed E-state index contributed by atoms with van der Waals surface area (Å²) in [5, 5.41) is 2.95. The molecule has 0 radical (unpaired) electrons. The first-order chi connectivity index (χ1) is 14.2. The molecule has 1 atom stereocenters. The van der Waals surface area contributed by atoms with Crippen molar-refractivity contribution in [2.75, 3.05) is 18.0 Å². The molecular formula is C23H25N5O. The Morgan fingerprint density at radius 1 is 1.17 bits per heavy atom. The predicted molar refractivity (Wildman–Crippen MR) is 113 cm³/mol. The van der Waals surface area contributed by atoms with E-state index in [4.69, 9.17) is 4.98 Å². The summed E-state index contributed by atoms with van der Waals surface area (Å²) in [6.07, 6.45) is 5.82. The van der Waals surface area contributed by atoms with E-state index in [9.17, 15) is 4.79 Å². The van der Waals surface area contributed by atoms with Crippen molar-refractivity contribution in [2.24, 2.45) is 5.92 Å². The van der Waals surface area contributed by atoms with Crippen molar-refractivity contribution in [2.45, 2.75) is 26.3 Å². The Hall–Kier alpha value is -3.28. The van der Waals surface area contributed by atoms with Crippen molar-refractivity contribution in [3.63, 3.8) is 0 Å². The number of benzene rings is 1. The summed E-state index contributed by atoms with van der Waals surface area (Å²) in [6, 6.07) is 15.4. The van der Waals surface area contributed by atoms with Gasteiger partial charge in [-0.05, 0) is 30.4 Å². The zero-order valence-electron chi connectivity index (χ0n) is 16.6. The monoisotopic (exact) mass is 387 g/mol. The third-order valence-corrected chi connectivity index (χ3v) is 5.13. The summed E-state index contributed by atoms with van der Waals surface area (Å²) < 4.78 is 0. The average Bonchev–Trinajstić information content (AvgIpc) is 2.78. The van der Waals surface area contributed by atoms with E-state index in [1.807, 2.05) is 48.5 Å². The molecular weight excluding hydrogens is 362 g/mol. The number of anilines is 1. The van der Waals surface area contributed by atoms with E-state index >= 15 is 0 Å². The van der Waals surface area contributed by atoms with Crippen LogP contribution in [0.2, 0.25) is 0 Å². The summed E-state index contributed by atoms with van der Waals surface area (Å²) in [6.45, 7) is 4.56. The number of hydrogen-bond acceptors (Lipinski definition) is 5. The zero-order valence-corrected chi connectivity index (χ0v) is 16.6. The van der Waals surface area contributed by atoms with Crippen LogP contribution in [0.1, 0.15) is 35.8 Å². The molecule has 1 aromatic carbocycles. The largest absolute Gasteiger partial charge is 0.356 e. The Morgan fingerprint density at radius 3 is 2.79 bits per heavy atom. The van der Waals surface area contributed by atoms with Gasteiger partial charge >= 0.3 is 0 Å². The van der Waals surface area contributed by atoms with Gasteiger partial charge in [-0.25, -0.2) is 9.97 Å². The minimum Gasteiger partial charge on any atom is -0.356 e. The Morgan fingerprint density at radius 2 is 2.03 bits per heavy atom. The van der Waals surface area contributed by atoms with Gasteiger partial charge in [-0.2, -0.15) is 0 Å². The second-order valence-electron chi connectivity index (χ2n) is 7.54. The highest BCUT2D eigenvalue weighted by Gasteiger charge is 2.21. The van der Waals surface area contributed by atoms with Crippen LogP contribution < -0.4 is 10.2 Å². The molecule has 0 spiro atoms. The third kappa shape index (κ3) is 4.77. The lowest BCUT2D eigenvalue weighted by Crippen LogP contribution is -2.35. The number of carbonyl (C=O) groups excluding carboxylic acids is 1. The van der Waals surface area contributed by atoms with E-state index < -0.39 is 0 Å². The first-order valence-electron chi connectivity index (χ1n) is 10.1. The third-order valence-electron chi connectivity index (χ3n) is 5.13. The molecule has 3 aromatic rings. The number of nitrogens with one attached hydrogen (secondary N) is 1. The van der Waals surface area contributed by atoms with Gasteiger partial charge in [0.1, 0.15) is 11.5 Å². The lowest BCUT2D eigenvalue weighted by Gasteiger charge is -2.32. The fourth-order valence-corrected chi connectivity index (χ4v) is 3.60. The van der Waals surface area contributed by atoms with E-state index in [1.165, 1.54) is 6.42 Å². The first-order valence-corrected chi connectivity index (χ1v) is 10.1. The summed E-state index contributed by atoms with van der Waals surface area (Å²) in [5.41, 5.74) is 2.24.